The van der Waals surface area contributed by atoms with Gasteiger partial charge in [-0.1, -0.05) is 23.7 Å². The fraction of sp³-hybridized carbons (Fsp3) is 0.414. The van der Waals surface area contributed by atoms with Gasteiger partial charge in [-0.15, -0.1) is 0 Å². The number of nitrogens with zero attached hydrogens (tertiary/aromatic N) is 3. The molecule has 238 valence electrons. The van der Waals surface area contributed by atoms with Gasteiger partial charge < -0.3 is 25.2 Å². The van der Waals surface area contributed by atoms with Gasteiger partial charge in [0.1, 0.15) is 23.8 Å². The summed E-state index contributed by atoms with van der Waals surface area (Å²) in [6.45, 7) is 6.13. The first kappa shape index (κ1) is 33.5. The van der Waals surface area contributed by atoms with E-state index < -0.39 is 52.7 Å². The van der Waals surface area contributed by atoms with Gasteiger partial charge in [0.2, 0.25) is 21.9 Å². The number of rotatable bonds is 9. The van der Waals surface area contributed by atoms with Gasteiger partial charge in [-0.3, -0.25) is 4.79 Å². The van der Waals surface area contributed by atoms with Crippen molar-refractivity contribution in [2.75, 3.05) is 26.9 Å². The number of hydrogen-bond donors (Lipinski definition) is 3. The molecule has 0 radical (unpaired) electrons. The van der Waals surface area contributed by atoms with Crippen LogP contribution in [0.15, 0.2) is 56.3 Å². The summed E-state index contributed by atoms with van der Waals surface area (Å²) in [6, 6.07) is 5.57. The van der Waals surface area contributed by atoms with Crippen molar-refractivity contribution in [3.05, 3.63) is 63.9 Å². The van der Waals surface area contributed by atoms with Gasteiger partial charge >= 0.3 is 0 Å². The van der Waals surface area contributed by atoms with Gasteiger partial charge in [-0.25, -0.2) is 27.2 Å². The summed E-state index contributed by atoms with van der Waals surface area (Å²) in [5.41, 5.74) is 1.38. The molecule has 44 heavy (non-hydrogen) atoms. The highest BCUT2D eigenvalue weighted by Crippen LogP contribution is 2.35. The number of nitrogens with one attached hydrogen (secondary N) is 2. The Hall–Kier alpha value is -3.43. The maximum absolute atomic E-state index is 14.3. The number of fused-ring (bicyclic) bond motifs is 1. The number of halogens is 3. The Morgan fingerprint density at radius 3 is 2.70 bits per heavy atom. The summed E-state index contributed by atoms with van der Waals surface area (Å²) >= 11 is 6.38. The van der Waals surface area contributed by atoms with Crippen LogP contribution in [-0.2, 0) is 26.1 Å². The topological polar surface area (TPSA) is 142 Å². The molecule has 0 aliphatic carbocycles. The molecule has 11 nitrogen and oxygen atoms in total. The molecule has 0 bridgehead atoms. The van der Waals surface area contributed by atoms with E-state index in [0.29, 0.717) is 29.9 Å². The average Bonchev–Trinajstić information content (AvgIpc) is 3.27. The molecule has 2 heterocycles. The Morgan fingerprint density at radius 2 is 2.07 bits per heavy atom. The van der Waals surface area contributed by atoms with E-state index in [2.05, 4.69) is 27.3 Å². The molecule has 3 N–H and O–H groups in total. The van der Waals surface area contributed by atoms with Crippen LogP contribution in [-0.4, -0.2) is 81.6 Å². The summed E-state index contributed by atoms with van der Waals surface area (Å²) in [6.07, 6.45) is -0.957. The molecule has 4 atom stereocenters. The SMILES string of the molecule is C=NC(=N[C@@H]1CCOC[C@H]1F)N/C(=C(\C)Cl)c1ccc2c(c1)S(=O)(=O)N([C@H](C)C(=O)N[C@H](CO)c1cc(F)cc(OC)c1)C2. The van der Waals surface area contributed by atoms with Gasteiger partial charge in [0.25, 0.3) is 0 Å². The molecule has 1 saturated heterocycles. The predicted molar refractivity (Wildman–Crippen MR) is 162 cm³/mol. The van der Waals surface area contributed by atoms with Gasteiger partial charge in [0, 0.05) is 29.8 Å². The Bertz CT molecular complexity index is 1580. The second-order valence-electron chi connectivity index (χ2n) is 10.3. The summed E-state index contributed by atoms with van der Waals surface area (Å²) in [5.74, 6) is -1.11. The largest absolute Gasteiger partial charge is 0.497 e. The number of alkyl halides is 1. The molecule has 15 heteroatoms. The number of hydrogen-bond acceptors (Lipinski definition) is 7. The number of allylic oxidation sites excluding steroid dienone is 1. The number of methoxy groups -OCH3 is 1. The van der Waals surface area contributed by atoms with E-state index in [1.165, 1.54) is 26.2 Å². The van der Waals surface area contributed by atoms with Gasteiger partial charge in [-0.05, 0) is 56.3 Å². The van der Waals surface area contributed by atoms with E-state index in [0.717, 1.165) is 16.4 Å². The van der Waals surface area contributed by atoms with E-state index in [4.69, 9.17) is 21.1 Å². The number of aliphatic hydroxyl groups excluding tert-OH is 1. The fourth-order valence-electron chi connectivity index (χ4n) is 4.94. The third-order valence-electron chi connectivity index (χ3n) is 7.38. The Balaban J connectivity index is 1.55. The first-order valence-corrected chi connectivity index (χ1v) is 15.5. The number of guanidine groups is 1. The highest BCUT2D eigenvalue weighted by atomic mass is 35.5. The zero-order valence-corrected chi connectivity index (χ0v) is 26.0. The van der Waals surface area contributed by atoms with Crippen molar-refractivity contribution >= 4 is 45.9 Å². The Labute approximate surface area is 259 Å². The number of carbonyl (C=O) groups is 1. The normalized spacial score (nSPS) is 21.9. The molecule has 1 amide bonds. The number of ether oxygens (including phenoxy) is 2. The van der Waals surface area contributed by atoms with E-state index in [-0.39, 0.29) is 40.4 Å². The highest BCUT2D eigenvalue weighted by Gasteiger charge is 2.41. The van der Waals surface area contributed by atoms with Crippen molar-refractivity contribution in [3.63, 3.8) is 0 Å². The number of benzene rings is 2. The summed E-state index contributed by atoms with van der Waals surface area (Å²) < 4.78 is 66.9. The van der Waals surface area contributed by atoms with Crippen LogP contribution in [0, 0.1) is 5.82 Å². The zero-order valence-electron chi connectivity index (χ0n) is 24.4. The van der Waals surface area contributed by atoms with Crippen molar-refractivity contribution in [3.8, 4) is 5.75 Å². The maximum Gasteiger partial charge on any atom is 0.244 e. The minimum Gasteiger partial charge on any atom is -0.497 e. The molecule has 4 rings (SSSR count). The zero-order chi connectivity index (χ0) is 32.2. The summed E-state index contributed by atoms with van der Waals surface area (Å²) in [7, 11) is -2.80. The number of amides is 1. The minimum absolute atomic E-state index is 0.0131. The van der Waals surface area contributed by atoms with Gasteiger partial charge in [0.15, 0.2) is 0 Å². The molecule has 2 aromatic rings. The number of aliphatic imine (C=N–C) groups is 2. The number of carbonyl (C=O) groups excluding carboxylic acids is 1. The summed E-state index contributed by atoms with van der Waals surface area (Å²) in [4.78, 5) is 21.4. The smallest absolute Gasteiger partial charge is 0.244 e. The van der Waals surface area contributed by atoms with Gasteiger partial charge in [-0.2, -0.15) is 4.31 Å². The number of sulfonamides is 1. The molecule has 0 unspecified atom stereocenters. The standard InChI is InChI=1S/C29H34ClF2N5O6S/c1-16(30)27(36-29(33-3)35-24-7-8-43-15-23(24)32)18-5-6-19-13-37(44(40,41)26(19)11-18)17(2)28(39)34-25(14-38)20-9-21(31)12-22(10-20)42-4/h5-6,9-12,17,23-25,38H,3,7-8,13-15H2,1-2,4H3,(H,34,39)(H,35,36)/b27-16+/t17-,23-,24-,25-/m1/s1. The molecule has 1 fully saturated rings. The molecule has 2 aromatic carbocycles. The van der Waals surface area contributed by atoms with Crippen LogP contribution in [0.2, 0.25) is 0 Å². The van der Waals surface area contributed by atoms with E-state index in [1.54, 1.807) is 19.1 Å². The van der Waals surface area contributed by atoms with Crippen LogP contribution in [0.5, 0.6) is 5.75 Å². The maximum atomic E-state index is 14.3. The van der Waals surface area contributed by atoms with Crippen LogP contribution in [0.25, 0.3) is 5.70 Å². The van der Waals surface area contributed by atoms with Crippen LogP contribution < -0.4 is 15.4 Å². The monoisotopic (exact) mass is 653 g/mol. The lowest BCUT2D eigenvalue weighted by Gasteiger charge is -2.25. The van der Waals surface area contributed by atoms with Crippen LogP contribution in [0.1, 0.15) is 43.0 Å². The third kappa shape index (κ3) is 7.26. The Kier molecular flexibility index (Phi) is 10.7. The fourth-order valence-corrected chi connectivity index (χ4v) is 6.91. The van der Waals surface area contributed by atoms with Crippen molar-refractivity contribution in [1.29, 1.82) is 0 Å². The summed E-state index contributed by atoms with van der Waals surface area (Å²) in [5, 5.41) is 15.7. The van der Waals surface area contributed by atoms with Crippen molar-refractivity contribution in [2.45, 2.75) is 56.0 Å². The van der Waals surface area contributed by atoms with Crippen LogP contribution in [0.3, 0.4) is 0 Å². The first-order chi connectivity index (χ1) is 20.9. The van der Waals surface area contributed by atoms with Crippen LogP contribution >= 0.6 is 11.6 Å². The quantitative estimate of drug-likeness (QED) is 0.279. The van der Waals surface area contributed by atoms with E-state index in [1.807, 2.05) is 0 Å². The first-order valence-electron chi connectivity index (χ1n) is 13.7. The van der Waals surface area contributed by atoms with Gasteiger partial charge in [0.05, 0.1) is 43.0 Å². The lowest BCUT2D eigenvalue weighted by molar-refractivity contribution is -0.125. The molecular formula is C29H34ClF2N5O6S. The van der Waals surface area contributed by atoms with Crippen molar-refractivity contribution < 1.29 is 36.6 Å². The third-order valence-corrected chi connectivity index (χ3v) is 9.57. The molecule has 0 aromatic heterocycles. The number of aliphatic hydroxyl groups is 1. The highest BCUT2D eigenvalue weighted by molar-refractivity contribution is 7.89. The van der Waals surface area contributed by atoms with Crippen molar-refractivity contribution in [1.82, 2.24) is 14.9 Å². The molecule has 2 aliphatic rings. The molecule has 0 spiro atoms. The second kappa shape index (κ2) is 14.1. The van der Waals surface area contributed by atoms with E-state index in [9.17, 15) is 27.1 Å². The molecule has 2 aliphatic heterocycles. The predicted octanol–water partition coefficient (Wildman–Crippen LogP) is 3.28. The Morgan fingerprint density at radius 1 is 1.32 bits per heavy atom. The molecule has 0 saturated carbocycles. The van der Waals surface area contributed by atoms with Crippen molar-refractivity contribution in [2.24, 2.45) is 9.98 Å². The minimum atomic E-state index is -4.15. The second-order valence-corrected chi connectivity index (χ2v) is 12.7. The lowest BCUT2D eigenvalue weighted by Crippen LogP contribution is -2.46. The average molecular weight is 654 g/mol. The molecular weight excluding hydrogens is 620 g/mol. The lowest BCUT2D eigenvalue weighted by atomic mass is 10.1. The van der Waals surface area contributed by atoms with E-state index >= 15 is 0 Å². The van der Waals surface area contributed by atoms with Crippen LogP contribution in [0.4, 0.5) is 8.78 Å².